The first-order valence-corrected chi connectivity index (χ1v) is 25.5. The Morgan fingerprint density at radius 1 is 0.492 bits per heavy atom. The number of rotatable bonds is 45. The molecule has 63 heavy (non-hydrogen) atoms. The molecule has 2 unspecified atom stereocenters. The number of hydrogen-bond acceptors (Lipinski definition) is 6. The number of carbonyl (C=O) groups is 3. The number of allylic oxidation sites excluding steroid dienone is 12. The third-order valence-electron chi connectivity index (χ3n) is 11.1. The highest BCUT2D eigenvalue weighted by atomic mass is 16.6. The molecular formula is C55H96NO7+. The molecule has 0 heterocycles. The van der Waals surface area contributed by atoms with E-state index in [9.17, 15) is 19.5 Å². The average Bonchev–Trinajstić information content (AvgIpc) is 3.24. The molecule has 0 bridgehead atoms. The summed E-state index contributed by atoms with van der Waals surface area (Å²) in [6.07, 6.45) is 58.0. The van der Waals surface area contributed by atoms with Gasteiger partial charge in [-0.3, -0.25) is 9.59 Å². The van der Waals surface area contributed by atoms with E-state index in [1.807, 2.05) is 21.1 Å². The Morgan fingerprint density at radius 3 is 1.32 bits per heavy atom. The fourth-order valence-corrected chi connectivity index (χ4v) is 7.21. The predicted octanol–water partition coefficient (Wildman–Crippen LogP) is 14.7. The quantitative estimate of drug-likeness (QED) is 0.0281. The SMILES string of the molecule is CC/C=C/C/C=C/C/C=C/C/C=C/C/C=C/C/C=C/CCCCCCC(=O)OC(COCCC(C(=O)O)[N+](C)(C)C)COC(=O)CCCCCCCCCCCCCCCCCC. The number of likely N-dealkylation sites (N-methyl/N-ethyl adjacent to an activating group) is 1. The van der Waals surface area contributed by atoms with Crippen LogP contribution in [0, 0.1) is 0 Å². The largest absolute Gasteiger partial charge is 0.477 e. The van der Waals surface area contributed by atoms with Gasteiger partial charge in [-0.25, -0.2) is 4.79 Å². The second-order valence-corrected chi connectivity index (χ2v) is 18.1. The van der Waals surface area contributed by atoms with Crippen LogP contribution in [0.4, 0.5) is 0 Å². The normalized spacial score (nSPS) is 13.5. The molecule has 0 spiro atoms. The first-order chi connectivity index (χ1) is 30.6. The first kappa shape index (κ1) is 59.8. The Kier molecular flexibility index (Phi) is 43.0. The topological polar surface area (TPSA) is 99.1 Å². The second-order valence-electron chi connectivity index (χ2n) is 18.1. The lowest BCUT2D eigenvalue weighted by Crippen LogP contribution is -2.50. The minimum absolute atomic E-state index is 0.0491. The van der Waals surface area contributed by atoms with Gasteiger partial charge >= 0.3 is 17.9 Å². The highest BCUT2D eigenvalue weighted by molar-refractivity contribution is 5.72. The van der Waals surface area contributed by atoms with Gasteiger partial charge in [-0.1, -0.05) is 196 Å². The molecule has 8 heteroatoms. The van der Waals surface area contributed by atoms with Crippen LogP contribution in [0.25, 0.3) is 0 Å². The van der Waals surface area contributed by atoms with Crippen molar-refractivity contribution >= 4 is 17.9 Å². The molecule has 0 fully saturated rings. The number of ether oxygens (including phenoxy) is 3. The molecule has 0 aromatic carbocycles. The highest BCUT2D eigenvalue weighted by Gasteiger charge is 2.31. The molecule has 0 aliphatic heterocycles. The van der Waals surface area contributed by atoms with E-state index in [4.69, 9.17) is 14.2 Å². The number of carboxylic acid groups (broad SMARTS) is 1. The number of unbranched alkanes of at least 4 members (excludes halogenated alkanes) is 19. The van der Waals surface area contributed by atoms with Gasteiger partial charge in [0.2, 0.25) is 0 Å². The summed E-state index contributed by atoms with van der Waals surface area (Å²) in [6.45, 7) is 4.61. The number of hydrogen-bond donors (Lipinski definition) is 1. The van der Waals surface area contributed by atoms with Crippen LogP contribution >= 0.6 is 0 Å². The molecule has 2 atom stereocenters. The van der Waals surface area contributed by atoms with Gasteiger partial charge < -0.3 is 23.8 Å². The Balaban J connectivity index is 4.32. The van der Waals surface area contributed by atoms with Crippen molar-refractivity contribution in [3.63, 3.8) is 0 Å². The summed E-state index contributed by atoms with van der Waals surface area (Å²) in [5.41, 5.74) is 0. The number of carbonyl (C=O) groups excluding carboxylic acids is 2. The fraction of sp³-hybridized carbons (Fsp3) is 0.727. The molecule has 0 aromatic heterocycles. The van der Waals surface area contributed by atoms with Gasteiger partial charge in [0.25, 0.3) is 0 Å². The summed E-state index contributed by atoms with van der Waals surface area (Å²) in [7, 11) is 5.52. The van der Waals surface area contributed by atoms with Crippen LogP contribution < -0.4 is 0 Å². The zero-order valence-corrected chi connectivity index (χ0v) is 41.3. The maximum Gasteiger partial charge on any atom is 0.362 e. The van der Waals surface area contributed by atoms with E-state index in [1.54, 1.807) is 0 Å². The third-order valence-corrected chi connectivity index (χ3v) is 11.1. The summed E-state index contributed by atoms with van der Waals surface area (Å²) < 4.78 is 17.3. The molecule has 0 amide bonds. The number of quaternary nitrogens is 1. The number of aliphatic carboxylic acids is 1. The molecule has 0 aliphatic carbocycles. The van der Waals surface area contributed by atoms with Crippen molar-refractivity contribution in [2.75, 3.05) is 41.0 Å². The van der Waals surface area contributed by atoms with E-state index >= 15 is 0 Å². The molecule has 8 nitrogen and oxygen atoms in total. The smallest absolute Gasteiger partial charge is 0.362 e. The van der Waals surface area contributed by atoms with Gasteiger partial charge in [-0.05, 0) is 64.2 Å². The maximum absolute atomic E-state index is 12.8. The minimum atomic E-state index is -0.880. The molecule has 0 rings (SSSR count). The van der Waals surface area contributed by atoms with Crippen LogP contribution in [0.1, 0.15) is 206 Å². The maximum atomic E-state index is 12.8. The van der Waals surface area contributed by atoms with Crippen LogP contribution in [0.5, 0.6) is 0 Å². The van der Waals surface area contributed by atoms with E-state index in [2.05, 4.69) is 86.8 Å². The predicted molar refractivity (Wildman–Crippen MR) is 266 cm³/mol. The number of esters is 2. The van der Waals surface area contributed by atoms with Crippen molar-refractivity contribution in [3.05, 3.63) is 72.9 Å². The van der Waals surface area contributed by atoms with E-state index in [1.165, 1.54) is 83.5 Å². The van der Waals surface area contributed by atoms with Crippen molar-refractivity contribution < 1.29 is 38.2 Å². The molecule has 0 saturated heterocycles. The summed E-state index contributed by atoms with van der Waals surface area (Å²) >= 11 is 0. The standard InChI is InChI=1S/C55H95NO7/c1-6-8-10-12-14-16-18-20-22-24-25-26-27-28-29-30-32-34-36-38-40-42-44-46-54(58)63-51(49-61-48-47-52(55(59)60)56(3,4)5)50-62-53(57)45-43-41-39-37-35-33-31-23-21-19-17-15-13-11-9-7-2/h8,10,14,16,20,22,25-26,28-29,32,34,51-52H,6-7,9,11-13,15,17-19,21,23-24,27,30-31,33,35-50H2,1-5H3/p+1/b10-8+,16-14+,22-20+,26-25+,29-28+,34-32+. The van der Waals surface area contributed by atoms with Crippen molar-refractivity contribution in [1.29, 1.82) is 0 Å². The van der Waals surface area contributed by atoms with Crippen molar-refractivity contribution in [1.82, 2.24) is 0 Å². The summed E-state index contributed by atoms with van der Waals surface area (Å²) in [6, 6.07) is -0.622. The lowest BCUT2D eigenvalue weighted by atomic mass is 10.0. The van der Waals surface area contributed by atoms with Crippen LogP contribution in [0.3, 0.4) is 0 Å². The van der Waals surface area contributed by atoms with Crippen LogP contribution in [0.15, 0.2) is 72.9 Å². The van der Waals surface area contributed by atoms with Gasteiger partial charge in [0.1, 0.15) is 6.61 Å². The lowest BCUT2D eigenvalue weighted by Gasteiger charge is -2.31. The van der Waals surface area contributed by atoms with Gasteiger partial charge in [0, 0.05) is 19.3 Å². The molecule has 0 radical (unpaired) electrons. The van der Waals surface area contributed by atoms with Crippen LogP contribution in [-0.2, 0) is 28.6 Å². The zero-order chi connectivity index (χ0) is 46.3. The zero-order valence-electron chi connectivity index (χ0n) is 41.3. The molecular weight excluding hydrogens is 787 g/mol. The second kappa shape index (κ2) is 45.3. The fourth-order valence-electron chi connectivity index (χ4n) is 7.21. The third kappa shape index (κ3) is 43.8. The van der Waals surface area contributed by atoms with E-state index in [0.29, 0.717) is 19.3 Å². The van der Waals surface area contributed by atoms with E-state index in [0.717, 1.165) is 89.9 Å². The molecule has 362 valence electrons. The molecule has 0 aromatic rings. The lowest BCUT2D eigenvalue weighted by molar-refractivity contribution is -0.887. The molecule has 0 aliphatic rings. The Hall–Kier alpha value is -3.23. The first-order valence-electron chi connectivity index (χ1n) is 25.5. The molecule has 1 N–H and O–H groups in total. The average molecular weight is 883 g/mol. The van der Waals surface area contributed by atoms with Crippen LogP contribution in [0.2, 0.25) is 0 Å². The number of nitrogens with zero attached hydrogens (tertiary/aromatic N) is 1. The highest BCUT2D eigenvalue weighted by Crippen LogP contribution is 2.15. The summed E-state index contributed by atoms with van der Waals surface area (Å²) in [4.78, 5) is 37.1. The summed E-state index contributed by atoms with van der Waals surface area (Å²) in [5, 5.41) is 9.65. The van der Waals surface area contributed by atoms with Crippen molar-refractivity contribution in [2.45, 2.75) is 219 Å². The van der Waals surface area contributed by atoms with Gasteiger partial charge in [-0.2, -0.15) is 0 Å². The monoisotopic (exact) mass is 883 g/mol. The number of carboxylic acids is 1. The Bertz CT molecular complexity index is 1260. The van der Waals surface area contributed by atoms with Crippen LogP contribution in [-0.4, -0.2) is 80.6 Å². The van der Waals surface area contributed by atoms with Gasteiger partial charge in [0.05, 0.1) is 34.4 Å². The van der Waals surface area contributed by atoms with Crippen molar-refractivity contribution in [3.8, 4) is 0 Å². The Labute approximate surface area is 387 Å². The molecule has 0 saturated carbocycles. The van der Waals surface area contributed by atoms with E-state index < -0.39 is 18.1 Å². The van der Waals surface area contributed by atoms with E-state index in [-0.39, 0.29) is 36.2 Å². The Morgan fingerprint density at radius 2 is 0.889 bits per heavy atom. The van der Waals surface area contributed by atoms with Crippen molar-refractivity contribution in [2.24, 2.45) is 0 Å². The minimum Gasteiger partial charge on any atom is -0.477 e. The summed E-state index contributed by atoms with van der Waals surface area (Å²) in [5.74, 6) is -1.50. The van der Waals surface area contributed by atoms with Gasteiger partial charge in [-0.15, -0.1) is 0 Å². The van der Waals surface area contributed by atoms with Gasteiger partial charge in [0.15, 0.2) is 12.1 Å².